The molecule has 1 atom stereocenters. The number of sulfone groups is 1. The molecule has 33 heavy (non-hydrogen) atoms. The zero-order chi connectivity index (χ0) is 24.0. The number of hydrogen-bond donors (Lipinski definition) is 1. The first-order chi connectivity index (χ1) is 15.7. The molecule has 0 aliphatic rings. The minimum atomic E-state index is -3.76. The lowest BCUT2D eigenvalue weighted by Crippen LogP contribution is -2.35. The number of carbonyl (C=O) groups excluding carboxylic acids is 1. The Balaban J connectivity index is 1.83. The summed E-state index contributed by atoms with van der Waals surface area (Å²) in [5, 5.41) is 11.7. The standard InChI is InChI=1S/C23H24N4O5S/c1-27-9-8-25-23(27)22(18-10-19(31-2)12-20(11-18)32-3)26-21(28)15-33(29,30)14-17-6-4-16(13-24)5-7-17/h4-12,22H,14-15H2,1-3H3,(H,26,28). The Bertz CT molecular complexity index is 1250. The molecule has 1 heterocycles. The summed E-state index contributed by atoms with van der Waals surface area (Å²) in [6.45, 7) is 0. The molecule has 0 fully saturated rings. The fraction of sp³-hybridized carbons (Fsp3) is 0.261. The van der Waals surface area contributed by atoms with Crippen LogP contribution in [0.2, 0.25) is 0 Å². The van der Waals surface area contributed by atoms with Crippen LogP contribution >= 0.6 is 0 Å². The van der Waals surface area contributed by atoms with Crippen LogP contribution in [0.15, 0.2) is 54.9 Å². The second-order valence-electron chi connectivity index (χ2n) is 7.38. The topological polar surface area (TPSA) is 123 Å². The normalized spacial score (nSPS) is 11.9. The van der Waals surface area contributed by atoms with E-state index >= 15 is 0 Å². The predicted octanol–water partition coefficient (Wildman–Crippen LogP) is 2.13. The molecular formula is C23H24N4O5S. The molecule has 0 spiro atoms. The van der Waals surface area contributed by atoms with Gasteiger partial charge in [0.05, 0.1) is 31.6 Å². The number of rotatable bonds is 9. The maximum Gasteiger partial charge on any atom is 0.236 e. The molecule has 172 valence electrons. The fourth-order valence-electron chi connectivity index (χ4n) is 3.33. The Morgan fingerprint density at radius 2 is 1.79 bits per heavy atom. The predicted molar refractivity (Wildman–Crippen MR) is 121 cm³/mol. The lowest BCUT2D eigenvalue weighted by atomic mass is 10.0. The molecule has 0 radical (unpaired) electrons. The van der Waals surface area contributed by atoms with Crippen molar-refractivity contribution < 1.29 is 22.7 Å². The second-order valence-corrected chi connectivity index (χ2v) is 9.45. The monoisotopic (exact) mass is 468 g/mol. The average Bonchev–Trinajstić information content (AvgIpc) is 3.22. The molecular weight excluding hydrogens is 444 g/mol. The molecule has 1 aromatic heterocycles. The lowest BCUT2D eigenvalue weighted by Gasteiger charge is -2.20. The average molecular weight is 469 g/mol. The van der Waals surface area contributed by atoms with Crippen LogP contribution in [0.5, 0.6) is 11.5 Å². The maximum absolute atomic E-state index is 12.8. The Morgan fingerprint density at radius 3 is 2.30 bits per heavy atom. The Morgan fingerprint density at radius 1 is 1.15 bits per heavy atom. The van der Waals surface area contributed by atoms with E-state index < -0.39 is 27.5 Å². The number of ether oxygens (including phenoxy) is 2. The Kier molecular flexibility index (Phi) is 7.35. The van der Waals surface area contributed by atoms with Gasteiger partial charge in [-0.1, -0.05) is 12.1 Å². The van der Waals surface area contributed by atoms with Crippen molar-refractivity contribution >= 4 is 15.7 Å². The number of nitrogens with one attached hydrogen (secondary N) is 1. The number of aromatic nitrogens is 2. The van der Waals surface area contributed by atoms with Gasteiger partial charge in [-0.3, -0.25) is 4.79 Å². The second kappa shape index (κ2) is 10.2. The molecule has 2 aromatic carbocycles. The zero-order valence-corrected chi connectivity index (χ0v) is 19.3. The number of nitriles is 1. The summed E-state index contributed by atoms with van der Waals surface area (Å²) in [4.78, 5) is 17.1. The fourth-order valence-corrected chi connectivity index (χ4v) is 4.62. The summed E-state index contributed by atoms with van der Waals surface area (Å²) in [5.74, 6) is -0.125. The summed E-state index contributed by atoms with van der Waals surface area (Å²) in [5.41, 5.74) is 1.55. The van der Waals surface area contributed by atoms with Crippen LogP contribution in [-0.4, -0.2) is 43.8 Å². The van der Waals surface area contributed by atoms with Crippen molar-refractivity contribution in [1.29, 1.82) is 5.26 Å². The highest BCUT2D eigenvalue weighted by Gasteiger charge is 2.25. The van der Waals surface area contributed by atoms with Crippen LogP contribution in [0.25, 0.3) is 0 Å². The molecule has 0 aliphatic carbocycles. The SMILES string of the molecule is COc1cc(OC)cc(C(NC(=O)CS(=O)(=O)Cc2ccc(C#N)cc2)c2nccn2C)c1. The minimum Gasteiger partial charge on any atom is -0.497 e. The Labute approximate surface area is 192 Å². The van der Waals surface area contributed by atoms with E-state index in [-0.39, 0.29) is 5.75 Å². The molecule has 10 heteroatoms. The quantitative estimate of drug-likeness (QED) is 0.510. The van der Waals surface area contributed by atoms with Crippen LogP contribution in [0.3, 0.4) is 0 Å². The van der Waals surface area contributed by atoms with Gasteiger partial charge in [0.1, 0.15) is 29.1 Å². The van der Waals surface area contributed by atoms with Crippen molar-refractivity contribution in [2.75, 3.05) is 20.0 Å². The van der Waals surface area contributed by atoms with Crippen LogP contribution in [-0.2, 0) is 27.4 Å². The third kappa shape index (κ3) is 6.11. The van der Waals surface area contributed by atoms with E-state index in [9.17, 15) is 13.2 Å². The first kappa shape index (κ1) is 23.8. The molecule has 0 bridgehead atoms. The minimum absolute atomic E-state index is 0.313. The van der Waals surface area contributed by atoms with Gasteiger partial charge in [0, 0.05) is 25.5 Å². The number of benzene rings is 2. The Hall–Kier alpha value is -3.84. The maximum atomic E-state index is 12.8. The van der Waals surface area contributed by atoms with E-state index in [2.05, 4.69) is 10.3 Å². The van der Waals surface area contributed by atoms with Crippen molar-refractivity contribution in [2.24, 2.45) is 7.05 Å². The van der Waals surface area contributed by atoms with E-state index in [1.54, 1.807) is 54.3 Å². The van der Waals surface area contributed by atoms with Gasteiger partial charge in [-0.25, -0.2) is 13.4 Å². The molecule has 3 aromatic rings. The van der Waals surface area contributed by atoms with Crippen molar-refractivity contribution in [3.63, 3.8) is 0 Å². The summed E-state index contributed by atoms with van der Waals surface area (Å²) in [6, 6.07) is 12.6. The van der Waals surface area contributed by atoms with Gasteiger partial charge in [-0.2, -0.15) is 5.26 Å². The molecule has 3 rings (SSSR count). The number of carbonyl (C=O) groups is 1. The van der Waals surface area contributed by atoms with Crippen molar-refractivity contribution in [1.82, 2.24) is 14.9 Å². The van der Waals surface area contributed by atoms with Gasteiger partial charge in [-0.05, 0) is 35.4 Å². The van der Waals surface area contributed by atoms with Crippen molar-refractivity contribution in [3.05, 3.63) is 77.4 Å². The summed E-state index contributed by atoms with van der Waals surface area (Å²) in [7, 11) is 1.05. The van der Waals surface area contributed by atoms with Gasteiger partial charge >= 0.3 is 0 Å². The number of amides is 1. The third-order valence-electron chi connectivity index (χ3n) is 4.95. The van der Waals surface area contributed by atoms with Crippen LogP contribution in [0.1, 0.15) is 28.6 Å². The number of methoxy groups -OCH3 is 2. The lowest BCUT2D eigenvalue weighted by molar-refractivity contribution is -0.119. The molecule has 0 saturated heterocycles. The third-order valence-corrected chi connectivity index (χ3v) is 6.42. The van der Waals surface area contributed by atoms with Gasteiger partial charge in [0.2, 0.25) is 5.91 Å². The number of hydrogen-bond acceptors (Lipinski definition) is 7. The summed E-state index contributed by atoms with van der Waals surface area (Å²) >= 11 is 0. The smallest absolute Gasteiger partial charge is 0.236 e. The number of nitrogens with zero attached hydrogens (tertiary/aromatic N) is 3. The molecule has 1 amide bonds. The highest BCUT2D eigenvalue weighted by molar-refractivity contribution is 7.91. The van der Waals surface area contributed by atoms with Crippen LogP contribution < -0.4 is 14.8 Å². The van der Waals surface area contributed by atoms with E-state index in [0.717, 1.165) is 0 Å². The molecule has 1 unspecified atom stereocenters. The number of imidazole rings is 1. The van der Waals surface area contributed by atoms with Gasteiger partial charge in [-0.15, -0.1) is 0 Å². The molecule has 0 aliphatic heterocycles. The van der Waals surface area contributed by atoms with E-state index in [4.69, 9.17) is 14.7 Å². The van der Waals surface area contributed by atoms with Crippen LogP contribution in [0, 0.1) is 11.3 Å². The van der Waals surface area contributed by atoms with Gasteiger partial charge < -0.3 is 19.4 Å². The van der Waals surface area contributed by atoms with Gasteiger partial charge in [0.25, 0.3) is 0 Å². The largest absolute Gasteiger partial charge is 0.497 e. The highest BCUT2D eigenvalue weighted by Crippen LogP contribution is 2.29. The molecule has 0 saturated carbocycles. The van der Waals surface area contributed by atoms with E-state index in [0.29, 0.717) is 34.0 Å². The molecule has 1 N–H and O–H groups in total. The number of aryl methyl sites for hydroxylation is 1. The zero-order valence-electron chi connectivity index (χ0n) is 18.5. The van der Waals surface area contributed by atoms with Crippen molar-refractivity contribution in [2.45, 2.75) is 11.8 Å². The molecule has 9 nitrogen and oxygen atoms in total. The van der Waals surface area contributed by atoms with Crippen LogP contribution in [0.4, 0.5) is 0 Å². The summed E-state index contributed by atoms with van der Waals surface area (Å²) < 4.78 is 37.7. The van der Waals surface area contributed by atoms with E-state index in [1.807, 2.05) is 6.07 Å². The van der Waals surface area contributed by atoms with Crippen molar-refractivity contribution in [3.8, 4) is 17.6 Å². The highest BCUT2D eigenvalue weighted by atomic mass is 32.2. The van der Waals surface area contributed by atoms with Gasteiger partial charge in [0.15, 0.2) is 9.84 Å². The first-order valence-electron chi connectivity index (χ1n) is 9.93. The van der Waals surface area contributed by atoms with E-state index in [1.165, 1.54) is 26.4 Å². The summed E-state index contributed by atoms with van der Waals surface area (Å²) in [6.07, 6.45) is 3.32. The first-order valence-corrected chi connectivity index (χ1v) is 11.8.